The Morgan fingerprint density at radius 2 is 2.05 bits per heavy atom. The highest BCUT2D eigenvalue weighted by Crippen LogP contribution is 2.25. The van der Waals surface area contributed by atoms with Crippen molar-refractivity contribution in [2.75, 3.05) is 12.4 Å². The van der Waals surface area contributed by atoms with Crippen LogP contribution in [0.25, 0.3) is 0 Å². The summed E-state index contributed by atoms with van der Waals surface area (Å²) < 4.78 is 18.5. The van der Waals surface area contributed by atoms with E-state index in [0.29, 0.717) is 5.69 Å². The lowest BCUT2D eigenvalue weighted by atomic mass is 10.1. The second-order valence-corrected chi connectivity index (χ2v) is 4.57. The molecule has 0 radical (unpaired) electrons. The maximum Gasteiger partial charge on any atom is 0.269 e. The van der Waals surface area contributed by atoms with Gasteiger partial charge in [0, 0.05) is 29.9 Å². The van der Waals surface area contributed by atoms with Crippen LogP contribution in [0.15, 0.2) is 42.5 Å². The minimum Gasteiger partial charge on any atom is -0.494 e. The van der Waals surface area contributed by atoms with Gasteiger partial charge in [-0.25, -0.2) is 4.39 Å². The first kappa shape index (κ1) is 14.8. The Bertz CT molecular complexity index is 661. The van der Waals surface area contributed by atoms with Crippen molar-refractivity contribution < 1.29 is 14.1 Å². The third-order valence-electron chi connectivity index (χ3n) is 3.12. The number of non-ortho nitro benzene ring substituents is 1. The molecule has 5 nitrogen and oxygen atoms in total. The summed E-state index contributed by atoms with van der Waals surface area (Å²) >= 11 is 0. The molecule has 110 valence electrons. The number of nitro benzene ring substituents is 1. The number of rotatable bonds is 5. The van der Waals surface area contributed by atoms with Crippen LogP contribution in [0.5, 0.6) is 5.75 Å². The van der Waals surface area contributed by atoms with Crippen LogP contribution in [0.4, 0.5) is 15.8 Å². The largest absolute Gasteiger partial charge is 0.494 e. The van der Waals surface area contributed by atoms with E-state index in [1.54, 1.807) is 18.2 Å². The second-order valence-electron chi connectivity index (χ2n) is 4.57. The summed E-state index contributed by atoms with van der Waals surface area (Å²) in [6, 6.07) is 10.7. The Hall–Kier alpha value is -2.63. The summed E-state index contributed by atoms with van der Waals surface area (Å²) in [6.07, 6.45) is 0. The number of hydrogen-bond donors (Lipinski definition) is 1. The van der Waals surface area contributed by atoms with Gasteiger partial charge in [0.15, 0.2) is 11.6 Å². The van der Waals surface area contributed by atoms with Gasteiger partial charge in [-0.3, -0.25) is 10.1 Å². The number of nitro groups is 1. The fourth-order valence-corrected chi connectivity index (χ4v) is 2.00. The lowest BCUT2D eigenvalue weighted by molar-refractivity contribution is -0.384. The van der Waals surface area contributed by atoms with E-state index in [2.05, 4.69) is 5.32 Å². The van der Waals surface area contributed by atoms with E-state index in [0.717, 1.165) is 5.56 Å². The van der Waals surface area contributed by atoms with Crippen molar-refractivity contribution in [2.45, 2.75) is 13.0 Å². The van der Waals surface area contributed by atoms with E-state index in [1.165, 1.54) is 31.4 Å². The van der Waals surface area contributed by atoms with Gasteiger partial charge in [-0.15, -0.1) is 0 Å². The molecule has 0 amide bonds. The predicted molar refractivity (Wildman–Crippen MR) is 78.1 cm³/mol. The standard InChI is InChI=1S/C15H15FN2O3/c1-10(11-4-3-5-13(8-11)18(19)20)17-12-6-7-15(21-2)14(16)9-12/h3-10,17H,1-2H3. The zero-order valence-corrected chi connectivity index (χ0v) is 11.7. The zero-order valence-electron chi connectivity index (χ0n) is 11.7. The SMILES string of the molecule is COc1ccc(NC(C)c2cccc([N+](=O)[O-])c2)cc1F. The smallest absolute Gasteiger partial charge is 0.269 e. The highest BCUT2D eigenvalue weighted by molar-refractivity contribution is 5.49. The van der Waals surface area contributed by atoms with Gasteiger partial charge in [-0.05, 0) is 24.6 Å². The fourth-order valence-electron chi connectivity index (χ4n) is 2.00. The zero-order chi connectivity index (χ0) is 15.4. The van der Waals surface area contributed by atoms with E-state index in [4.69, 9.17) is 4.74 Å². The minimum atomic E-state index is -0.464. The van der Waals surface area contributed by atoms with Gasteiger partial charge < -0.3 is 10.1 Å². The molecule has 2 rings (SSSR count). The number of nitrogens with one attached hydrogen (secondary N) is 1. The minimum absolute atomic E-state index is 0.0297. The average molecular weight is 290 g/mol. The highest BCUT2D eigenvalue weighted by atomic mass is 19.1. The number of ether oxygens (including phenoxy) is 1. The Kier molecular flexibility index (Phi) is 4.37. The van der Waals surface area contributed by atoms with Crippen LogP contribution in [-0.4, -0.2) is 12.0 Å². The van der Waals surface area contributed by atoms with Crippen LogP contribution in [0, 0.1) is 15.9 Å². The van der Waals surface area contributed by atoms with Gasteiger partial charge in [0.2, 0.25) is 0 Å². The molecule has 0 aliphatic carbocycles. The van der Waals surface area contributed by atoms with Crippen LogP contribution in [0.2, 0.25) is 0 Å². The van der Waals surface area contributed by atoms with Gasteiger partial charge in [0.05, 0.1) is 12.0 Å². The van der Waals surface area contributed by atoms with Crippen molar-refractivity contribution in [1.29, 1.82) is 0 Å². The van der Waals surface area contributed by atoms with E-state index in [1.807, 2.05) is 6.92 Å². The fraction of sp³-hybridized carbons (Fsp3) is 0.200. The van der Waals surface area contributed by atoms with E-state index in [9.17, 15) is 14.5 Å². The summed E-state index contributed by atoms with van der Waals surface area (Å²) in [4.78, 5) is 10.3. The lowest BCUT2D eigenvalue weighted by Crippen LogP contribution is -2.07. The lowest BCUT2D eigenvalue weighted by Gasteiger charge is -2.16. The maximum atomic E-state index is 13.6. The second kappa shape index (κ2) is 6.21. The normalized spacial score (nSPS) is 11.8. The van der Waals surface area contributed by atoms with Crippen molar-refractivity contribution in [3.8, 4) is 5.75 Å². The van der Waals surface area contributed by atoms with Crippen LogP contribution in [0.1, 0.15) is 18.5 Å². The molecule has 1 unspecified atom stereocenters. The van der Waals surface area contributed by atoms with Crippen LogP contribution < -0.4 is 10.1 Å². The van der Waals surface area contributed by atoms with E-state index >= 15 is 0 Å². The molecule has 0 bridgehead atoms. The van der Waals surface area contributed by atoms with E-state index in [-0.39, 0.29) is 17.5 Å². The highest BCUT2D eigenvalue weighted by Gasteiger charge is 2.12. The van der Waals surface area contributed by atoms with E-state index < -0.39 is 10.7 Å². The summed E-state index contributed by atoms with van der Waals surface area (Å²) in [6.45, 7) is 1.85. The number of nitrogens with zero attached hydrogens (tertiary/aromatic N) is 1. The van der Waals surface area contributed by atoms with Crippen LogP contribution in [-0.2, 0) is 0 Å². The molecule has 2 aromatic rings. The monoisotopic (exact) mass is 290 g/mol. The van der Waals surface area contributed by atoms with Crippen LogP contribution >= 0.6 is 0 Å². The van der Waals surface area contributed by atoms with Gasteiger partial charge in [-0.1, -0.05) is 12.1 Å². The Balaban J connectivity index is 2.17. The molecular weight excluding hydrogens is 275 g/mol. The van der Waals surface area contributed by atoms with Gasteiger partial charge in [-0.2, -0.15) is 0 Å². The molecule has 0 heterocycles. The molecule has 0 spiro atoms. The molecule has 0 aromatic heterocycles. The quantitative estimate of drug-likeness (QED) is 0.669. The first-order valence-corrected chi connectivity index (χ1v) is 6.35. The Morgan fingerprint density at radius 1 is 1.29 bits per heavy atom. The molecule has 0 aliphatic rings. The predicted octanol–water partition coefficient (Wildman–Crippen LogP) is 3.92. The first-order chi connectivity index (χ1) is 10.0. The number of anilines is 1. The van der Waals surface area contributed by atoms with Gasteiger partial charge >= 0.3 is 0 Å². The topological polar surface area (TPSA) is 64.4 Å². The number of halogens is 1. The summed E-state index contributed by atoms with van der Waals surface area (Å²) in [5, 5.41) is 13.9. The number of methoxy groups -OCH3 is 1. The van der Waals surface area contributed by atoms with Crippen molar-refractivity contribution in [3.05, 3.63) is 64.0 Å². The molecule has 6 heteroatoms. The molecular formula is C15H15FN2O3. The Labute approximate surface area is 121 Å². The molecule has 1 N–H and O–H groups in total. The molecule has 0 fully saturated rings. The van der Waals surface area contributed by atoms with Gasteiger partial charge in [0.25, 0.3) is 5.69 Å². The Morgan fingerprint density at radius 3 is 2.67 bits per heavy atom. The number of hydrogen-bond acceptors (Lipinski definition) is 4. The molecule has 0 saturated carbocycles. The molecule has 0 aliphatic heterocycles. The third-order valence-corrected chi connectivity index (χ3v) is 3.12. The van der Waals surface area contributed by atoms with Crippen molar-refractivity contribution in [3.63, 3.8) is 0 Å². The van der Waals surface area contributed by atoms with Crippen LogP contribution in [0.3, 0.4) is 0 Å². The molecule has 1 atom stereocenters. The third kappa shape index (κ3) is 3.47. The van der Waals surface area contributed by atoms with Crippen molar-refractivity contribution in [2.24, 2.45) is 0 Å². The summed E-state index contributed by atoms with van der Waals surface area (Å²) in [5.41, 5.74) is 1.36. The molecule has 0 saturated heterocycles. The summed E-state index contributed by atoms with van der Waals surface area (Å²) in [7, 11) is 1.40. The van der Waals surface area contributed by atoms with Gasteiger partial charge in [0.1, 0.15) is 0 Å². The van der Waals surface area contributed by atoms with Crippen molar-refractivity contribution in [1.82, 2.24) is 0 Å². The molecule has 21 heavy (non-hydrogen) atoms. The first-order valence-electron chi connectivity index (χ1n) is 6.35. The number of benzene rings is 2. The molecule has 2 aromatic carbocycles. The average Bonchev–Trinajstić information content (AvgIpc) is 2.47. The van der Waals surface area contributed by atoms with Crippen molar-refractivity contribution >= 4 is 11.4 Å². The maximum absolute atomic E-state index is 13.6. The summed E-state index contributed by atoms with van der Waals surface area (Å²) in [5.74, 6) is -0.294.